The van der Waals surface area contributed by atoms with Crippen molar-refractivity contribution in [1.82, 2.24) is 0 Å². The standard InChI is InChI=1S/C21H17N3O5/c25-20(22-16-6-2-1-3-7-16)14-29-19-11-9-17(10-12-19)23-21(26)15-5-4-8-18(13-15)24(27)28/h1-13H,14H2,(H,22,25)(H,23,26). The van der Waals surface area contributed by atoms with Gasteiger partial charge in [-0.1, -0.05) is 24.3 Å². The maximum Gasteiger partial charge on any atom is 0.270 e. The molecule has 0 radical (unpaired) electrons. The second-order valence-corrected chi connectivity index (χ2v) is 5.99. The van der Waals surface area contributed by atoms with Crippen LogP contribution in [0.4, 0.5) is 17.1 Å². The third-order valence-corrected chi connectivity index (χ3v) is 3.86. The normalized spacial score (nSPS) is 10.1. The highest BCUT2D eigenvalue weighted by atomic mass is 16.6. The summed E-state index contributed by atoms with van der Waals surface area (Å²) in [4.78, 5) is 34.4. The average Bonchev–Trinajstić information content (AvgIpc) is 2.74. The van der Waals surface area contributed by atoms with Gasteiger partial charge in [-0.2, -0.15) is 0 Å². The van der Waals surface area contributed by atoms with E-state index in [0.717, 1.165) is 0 Å². The Morgan fingerprint density at radius 2 is 1.55 bits per heavy atom. The van der Waals surface area contributed by atoms with Gasteiger partial charge in [-0.25, -0.2) is 0 Å². The van der Waals surface area contributed by atoms with Gasteiger partial charge >= 0.3 is 0 Å². The van der Waals surface area contributed by atoms with Gasteiger partial charge in [-0.15, -0.1) is 0 Å². The zero-order valence-corrected chi connectivity index (χ0v) is 15.2. The summed E-state index contributed by atoms with van der Waals surface area (Å²) in [6, 6.07) is 20.9. The maximum atomic E-state index is 12.2. The van der Waals surface area contributed by atoms with Gasteiger partial charge in [0.15, 0.2) is 6.61 Å². The molecular formula is C21H17N3O5. The second-order valence-electron chi connectivity index (χ2n) is 5.99. The molecule has 0 spiro atoms. The first-order chi connectivity index (χ1) is 14.0. The molecule has 0 aliphatic rings. The lowest BCUT2D eigenvalue weighted by Gasteiger charge is -2.09. The van der Waals surface area contributed by atoms with Crippen LogP contribution >= 0.6 is 0 Å². The highest BCUT2D eigenvalue weighted by Gasteiger charge is 2.12. The van der Waals surface area contributed by atoms with Gasteiger partial charge in [0, 0.05) is 29.1 Å². The lowest BCUT2D eigenvalue weighted by Crippen LogP contribution is -2.20. The Morgan fingerprint density at radius 3 is 2.24 bits per heavy atom. The molecule has 0 aliphatic heterocycles. The molecule has 0 bridgehead atoms. The summed E-state index contributed by atoms with van der Waals surface area (Å²) in [5.74, 6) is -0.301. The van der Waals surface area contributed by atoms with E-state index in [4.69, 9.17) is 4.74 Å². The van der Waals surface area contributed by atoms with Crippen molar-refractivity contribution in [2.45, 2.75) is 0 Å². The Morgan fingerprint density at radius 1 is 0.862 bits per heavy atom. The van der Waals surface area contributed by atoms with Crippen LogP contribution < -0.4 is 15.4 Å². The second kappa shape index (κ2) is 9.14. The number of benzene rings is 3. The van der Waals surface area contributed by atoms with Crippen molar-refractivity contribution in [3.8, 4) is 5.75 Å². The topological polar surface area (TPSA) is 111 Å². The van der Waals surface area contributed by atoms with E-state index in [9.17, 15) is 19.7 Å². The number of carbonyl (C=O) groups excluding carboxylic acids is 2. The zero-order valence-electron chi connectivity index (χ0n) is 15.2. The average molecular weight is 391 g/mol. The molecule has 0 fully saturated rings. The Kier molecular flexibility index (Phi) is 6.16. The molecule has 2 N–H and O–H groups in total. The SMILES string of the molecule is O=C(COc1ccc(NC(=O)c2cccc([N+](=O)[O-])c2)cc1)Nc1ccccc1. The van der Waals surface area contributed by atoms with Crippen molar-refractivity contribution in [3.05, 3.63) is 94.5 Å². The number of anilines is 2. The molecule has 0 aromatic heterocycles. The minimum absolute atomic E-state index is 0.157. The van der Waals surface area contributed by atoms with Crippen LogP contribution in [0.5, 0.6) is 5.75 Å². The summed E-state index contributed by atoms with van der Waals surface area (Å²) in [5.41, 5.74) is 1.19. The molecule has 0 aliphatic carbocycles. The van der Waals surface area contributed by atoms with E-state index in [2.05, 4.69) is 10.6 Å². The first-order valence-electron chi connectivity index (χ1n) is 8.65. The van der Waals surface area contributed by atoms with Crippen molar-refractivity contribution < 1.29 is 19.2 Å². The van der Waals surface area contributed by atoms with Gasteiger partial charge in [-0.05, 0) is 42.5 Å². The number of hydrogen-bond donors (Lipinski definition) is 2. The number of carbonyl (C=O) groups is 2. The van der Waals surface area contributed by atoms with Crippen molar-refractivity contribution in [2.75, 3.05) is 17.2 Å². The fraction of sp³-hybridized carbons (Fsp3) is 0.0476. The summed E-state index contributed by atoms with van der Waals surface area (Å²) in [6.45, 7) is -0.158. The van der Waals surface area contributed by atoms with Crippen LogP contribution in [0.2, 0.25) is 0 Å². The molecule has 2 amide bonds. The lowest BCUT2D eigenvalue weighted by molar-refractivity contribution is -0.384. The molecule has 0 unspecified atom stereocenters. The van der Waals surface area contributed by atoms with Crippen LogP contribution in [0.15, 0.2) is 78.9 Å². The minimum atomic E-state index is -0.559. The van der Waals surface area contributed by atoms with Crippen LogP contribution in [0, 0.1) is 10.1 Å². The van der Waals surface area contributed by atoms with E-state index in [0.29, 0.717) is 17.1 Å². The van der Waals surface area contributed by atoms with Crippen molar-refractivity contribution in [3.63, 3.8) is 0 Å². The number of amides is 2. The Bertz CT molecular complexity index is 1020. The highest BCUT2D eigenvalue weighted by molar-refractivity contribution is 6.04. The molecule has 3 rings (SSSR count). The fourth-order valence-corrected chi connectivity index (χ4v) is 2.47. The van der Waals surface area contributed by atoms with Gasteiger partial charge in [0.2, 0.25) is 0 Å². The number of para-hydroxylation sites is 1. The number of non-ortho nitro benzene ring substituents is 1. The number of nitro benzene ring substituents is 1. The number of rotatable bonds is 7. The number of nitrogens with one attached hydrogen (secondary N) is 2. The van der Waals surface area contributed by atoms with E-state index in [1.54, 1.807) is 36.4 Å². The van der Waals surface area contributed by atoms with Crippen LogP contribution in [-0.2, 0) is 4.79 Å². The van der Waals surface area contributed by atoms with Crippen molar-refractivity contribution in [2.24, 2.45) is 0 Å². The molecule has 146 valence electrons. The summed E-state index contributed by atoms with van der Waals surface area (Å²) in [7, 11) is 0. The van der Waals surface area contributed by atoms with Gasteiger partial charge in [0.05, 0.1) is 4.92 Å². The first-order valence-corrected chi connectivity index (χ1v) is 8.65. The summed E-state index contributed by atoms with van der Waals surface area (Å²) >= 11 is 0. The molecule has 0 saturated heterocycles. The summed E-state index contributed by atoms with van der Waals surface area (Å²) < 4.78 is 5.43. The molecule has 0 atom stereocenters. The van der Waals surface area contributed by atoms with E-state index in [1.807, 2.05) is 18.2 Å². The first kappa shape index (κ1) is 19.6. The van der Waals surface area contributed by atoms with E-state index >= 15 is 0 Å². The van der Waals surface area contributed by atoms with Crippen molar-refractivity contribution in [1.29, 1.82) is 0 Å². The Labute approximate surface area is 166 Å². The number of nitrogens with zero attached hydrogens (tertiary/aromatic N) is 1. The highest BCUT2D eigenvalue weighted by Crippen LogP contribution is 2.18. The molecule has 3 aromatic rings. The van der Waals surface area contributed by atoms with Crippen LogP contribution in [0.25, 0.3) is 0 Å². The van der Waals surface area contributed by atoms with E-state index in [1.165, 1.54) is 24.3 Å². The molecule has 3 aromatic carbocycles. The van der Waals surface area contributed by atoms with Crippen LogP contribution in [0.3, 0.4) is 0 Å². The zero-order chi connectivity index (χ0) is 20.6. The number of ether oxygens (including phenoxy) is 1. The largest absolute Gasteiger partial charge is 0.484 e. The molecule has 0 saturated carbocycles. The van der Waals surface area contributed by atoms with Gasteiger partial charge < -0.3 is 15.4 Å². The molecule has 8 heteroatoms. The molecule has 0 heterocycles. The van der Waals surface area contributed by atoms with Crippen LogP contribution in [0.1, 0.15) is 10.4 Å². The summed E-state index contributed by atoms with van der Waals surface area (Å²) in [5, 5.41) is 16.2. The molecule has 29 heavy (non-hydrogen) atoms. The number of hydrogen-bond acceptors (Lipinski definition) is 5. The fourth-order valence-electron chi connectivity index (χ4n) is 2.47. The lowest BCUT2D eigenvalue weighted by atomic mass is 10.2. The quantitative estimate of drug-likeness (QED) is 0.469. The Hall–Kier alpha value is -4.20. The predicted molar refractivity (Wildman–Crippen MR) is 108 cm³/mol. The predicted octanol–water partition coefficient (Wildman–Crippen LogP) is 3.86. The van der Waals surface area contributed by atoms with Crippen LogP contribution in [-0.4, -0.2) is 23.3 Å². The van der Waals surface area contributed by atoms with Gasteiger partial charge in [-0.3, -0.25) is 19.7 Å². The molecular weight excluding hydrogens is 374 g/mol. The Balaban J connectivity index is 1.53. The smallest absolute Gasteiger partial charge is 0.270 e. The van der Waals surface area contributed by atoms with Gasteiger partial charge in [0.1, 0.15) is 5.75 Å². The van der Waals surface area contributed by atoms with E-state index in [-0.39, 0.29) is 23.8 Å². The van der Waals surface area contributed by atoms with Gasteiger partial charge in [0.25, 0.3) is 17.5 Å². The summed E-state index contributed by atoms with van der Waals surface area (Å²) in [6.07, 6.45) is 0. The van der Waals surface area contributed by atoms with Crippen molar-refractivity contribution >= 4 is 28.9 Å². The number of nitro groups is 1. The monoisotopic (exact) mass is 391 g/mol. The maximum absolute atomic E-state index is 12.2. The third-order valence-electron chi connectivity index (χ3n) is 3.86. The van der Waals surface area contributed by atoms with E-state index < -0.39 is 10.8 Å². The molecule has 8 nitrogen and oxygen atoms in total. The minimum Gasteiger partial charge on any atom is -0.484 e. The third kappa shape index (κ3) is 5.64.